The SMILES string of the molecule is CC(C)C(C)(C)C(O)CN=O. The van der Waals surface area contributed by atoms with E-state index in [4.69, 9.17) is 0 Å². The van der Waals surface area contributed by atoms with Crippen LogP contribution in [0.2, 0.25) is 0 Å². The maximum absolute atomic E-state index is 9.87. The largest absolute Gasteiger partial charge is 0.390 e. The smallest absolute Gasteiger partial charge is 0.108 e. The van der Waals surface area contributed by atoms with Crippen molar-refractivity contribution in [2.75, 3.05) is 6.54 Å². The first-order chi connectivity index (χ1) is 4.92. The highest BCUT2D eigenvalue weighted by atomic mass is 16.3. The minimum Gasteiger partial charge on any atom is -0.390 e. The highest BCUT2D eigenvalue weighted by Crippen LogP contribution is 2.30. The molecule has 0 aromatic heterocycles. The number of aliphatic hydroxyl groups is 1. The third kappa shape index (κ3) is 2.58. The van der Waals surface area contributed by atoms with Crippen molar-refractivity contribution in [1.29, 1.82) is 0 Å². The van der Waals surface area contributed by atoms with Gasteiger partial charge in [0.15, 0.2) is 0 Å². The molecule has 0 radical (unpaired) electrons. The van der Waals surface area contributed by atoms with Gasteiger partial charge in [0.1, 0.15) is 6.54 Å². The fourth-order valence-corrected chi connectivity index (χ4v) is 0.691. The average Bonchev–Trinajstić information content (AvgIpc) is 1.88. The maximum atomic E-state index is 9.87. The van der Waals surface area contributed by atoms with Crippen LogP contribution >= 0.6 is 0 Å². The van der Waals surface area contributed by atoms with Crippen molar-refractivity contribution in [1.82, 2.24) is 0 Å². The van der Waals surface area contributed by atoms with E-state index in [9.17, 15) is 10.0 Å². The minimum absolute atomic E-state index is 0.00875. The van der Waals surface area contributed by atoms with Crippen molar-refractivity contribution in [2.24, 2.45) is 16.5 Å². The summed E-state index contributed by atoms with van der Waals surface area (Å²) in [6.07, 6.45) is -0.625. The molecular formula is C8H17NO2. The molecule has 0 aliphatic heterocycles. The normalized spacial score (nSPS) is 15.1. The second kappa shape index (κ2) is 3.81. The molecular weight excluding hydrogens is 142 g/mol. The standard InChI is InChI=1S/C8H17NO2/c1-6(2)8(3,4)7(10)5-9-11/h6-7,10H,5H2,1-4H3. The Morgan fingerprint density at radius 2 is 1.91 bits per heavy atom. The lowest BCUT2D eigenvalue weighted by Crippen LogP contribution is -2.36. The molecule has 66 valence electrons. The number of nitroso groups, excluding NO2 is 1. The van der Waals surface area contributed by atoms with Gasteiger partial charge in [0.2, 0.25) is 0 Å². The fraction of sp³-hybridized carbons (Fsp3) is 1.00. The van der Waals surface area contributed by atoms with E-state index < -0.39 is 6.10 Å². The molecule has 0 bridgehead atoms. The fourth-order valence-electron chi connectivity index (χ4n) is 0.691. The molecule has 0 saturated carbocycles. The van der Waals surface area contributed by atoms with Gasteiger partial charge in [-0.1, -0.05) is 32.9 Å². The van der Waals surface area contributed by atoms with Gasteiger partial charge in [-0.15, -0.1) is 0 Å². The third-order valence-electron chi connectivity index (χ3n) is 2.59. The van der Waals surface area contributed by atoms with Gasteiger partial charge in [-0.05, 0) is 11.3 Å². The quantitative estimate of drug-likeness (QED) is 0.636. The van der Waals surface area contributed by atoms with Crippen molar-refractivity contribution in [3.8, 4) is 0 Å². The Hall–Kier alpha value is -0.440. The zero-order chi connectivity index (χ0) is 9.07. The number of nitrogens with zero attached hydrogens (tertiary/aromatic N) is 1. The van der Waals surface area contributed by atoms with E-state index in [0.717, 1.165) is 0 Å². The van der Waals surface area contributed by atoms with Crippen molar-refractivity contribution < 1.29 is 5.11 Å². The first-order valence-electron chi connectivity index (χ1n) is 3.90. The van der Waals surface area contributed by atoms with E-state index in [1.807, 2.05) is 27.7 Å². The summed E-state index contributed by atoms with van der Waals surface area (Å²) < 4.78 is 0. The topological polar surface area (TPSA) is 49.7 Å². The summed E-state index contributed by atoms with van der Waals surface area (Å²) in [5.74, 6) is 0.347. The Morgan fingerprint density at radius 1 is 1.45 bits per heavy atom. The van der Waals surface area contributed by atoms with Crippen LogP contribution in [-0.2, 0) is 0 Å². The van der Waals surface area contributed by atoms with Crippen molar-refractivity contribution in [2.45, 2.75) is 33.8 Å². The van der Waals surface area contributed by atoms with Crippen LogP contribution in [0.3, 0.4) is 0 Å². The maximum Gasteiger partial charge on any atom is 0.108 e. The first-order valence-corrected chi connectivity index (χ1v) is 3.90. The molecule has 0 aromatic rings. The summed E-state index contributed by atoms with van der Waals surface area (Å²) in [5.41, 5.74) is -0.228. The Kier molecular flexibility index (Phi) is 3.66. The zero-order valence-corrected chi connectivity index (χ0v) is 7.66. The summed E-state index contributed by atoms with van der Waals surface area (Å²) >= 11 is 0. The molecule has 0 saturated heterocycles. The van der Waals surface area contributed by atoms with E-state index in [1.54, 1.807) is 0 Å². The number of hydrogen-bond donors (Lipinski definition) is 1. The van der Waals surface area contributed by atoms with Crippen LogP contribution in [0.25, 0.3) is 0 Å². The van der Waals surface area contributed by atoms with Crippen LogP contribution in [0.4, 0.5) is 0 Å². The van der Waals surface area contributed by atoms with E-state index in [-0.39, 0.29) is 12.0 Å². The Bertz CT molecular complexity index is 132. The Labute approximate surface area is 67.8 Å². The Balaban J connectivity index is 4.16. The van der Waals surface area contributed by atoms with Gasteiger partial charge < -0.3 is 5.11 Å². The van der Waals surface area contributed by atoms with Crippen molar-refractivity contribution in [3.05, 3.63) is 4.91 Å². The molecule has 0 spiro atoms. The van der Waals surface area contributed by atoms with Gasteiger partial charge in [-0.2, -0.15) is 4.91 Å². The summed E-state index contributed by atoms with van der Waals surface area (Å²) in [5, 5.41) is 12.1. The minimum atomic E-state index is -0.625. The van der Waals surface area contributed by atoms with Crippen LogP contribution in [0.1, 0.15) is 27.7 Å². The second-order valence-electron chi connectivity index (χ2n) is 3.80. The first kappa shape index (κ1) is 10.6. The lowest BCUT2D eigenvalue weighted by molar-refractivity contribution is 0.0243. The third-order valence-corrected chi connectivity index (χ3v) is 2.59. The highest BCUT2D eigenvalue weighted by molar-refractivity contribution is 4.81. The monoisotopic (exact) mass is 159 g/mol. The van der Waals surface area contributed by atoms with Gasteiger partial charge >= 0.3 is 0 Å². The predicted molar refractivity (Wildman–Crippen MR) is 45.3 cm³/mol. The molecule has 3 heteroatoms. The second-order valence-corrected chi connectivity index (χ2v) is 3.80. The molecule has 0 amide bonds. The van der Waals surface area contributed by atoms with Gasteiger partial charge in [0, 0.05) is 0 Å². The molecule has 3 nitrogen and oxygen atoms in total. The van der Waals surface area contributed by atoms with Crippen LogP contribution < -0.4 is 0 Å². The lowest BCUT2D eigenvalue weighted by atomic mass is 9.76. The Morgan fingerprint density at radius 3 is 2.18 bits per heavy atom. The summed E-state index contributed by atoms with van der Waals surface area (Å²) in [4.78, 5) is 9.87. The van der Waals surface area contributed by atoms with Gasteiger partial charge in [-0.3, -0.25) is 0 Å². The van der Waals surface area contributed by atoms with Crippen LogP contribution in [0.15, 0.2) is 5.18 Å². The molecule has 0 aromatic carbocycles. The van der Waals surface area contributed by atoms with Crippen LogP contribution in [0.5, 0.6) is 0 Å². The molecule has 0 heterocycles. The van der Waals surface area contributed by atoms with E-state index >= 15 is 0 Å². The molecule has 1 unspecified atom stereocenters. The highest BCUT2D eigenvalue weighted by Gasteiger charge is 2.31. The van der Waals surface area contributed by atoms with Gasteiger partial charge in [0.25, 0.3) is 0 Å². The lowest BCUT2D eigenvalue weighted by Gasteiger charge is -2.32. The van der Waals surface area contributed by atoms with Crippen molar-refractivity contribution in [3.63, 3.8) is 0 Å². The van der Waals surface area contributed by atoms with Gasteiger partial charge in [0.05, 0.1) is 6.10 Å². The van der Waals surface area contributed by atoms with E-state index in [1.165, 1.54) is 0 Å². The zero-order valence-electron chi connectivity index (χ0n) is 7.66. The molecule has 0 aliphatic rings. The van der Waals surface area contributed by atoms with Crippen LogP contribution in [0, 0.1) is 16.2 Å². The summed E-state index contributed by atoms with van der Waals surface area (Å²) in [6, 6.07) is 0. The number of hydrogen-bond acceptors (Lipinski definition) is 3. The molecule has 11 heavy (non-hydrogen) atoms. The molecule has 0 rings (SSSR count). The molecule has 0 aliphatic carbocycles. The van der Waals surface area contributed by atoms with E-state index in [0.29, 0.717) is 5.92 Å². The van der Waals surface area contributed by atoms with Gasteiger partial charge in [-0.25, -0.2) is 0 Å². The summed E-state index contributed by atoms with van der Waals surface area (Å²) in [7, 11) is 0. The molecule has 0 fully saturated rings. The average molecular weight is 159 g/mol. The van der Waals surface area contributed by atoms with Crippen LogP contribution in [-0.4, -0.2) is 17.8 Å². The number of aliphatic hydroxyl groups excluding tert-OH is 1. The molecule has 1 N–H and O–H groups in total. The summed E-state index contributed by atoms with van der Waals surface area (Å²) in [6.45, 7) is 7.91. The number of rotatable bonds is 4. The van der Waals surface area contributed by atoms with E-state index in [2.05, 4.69) is 5.18 Å². The predicted octanol–water partition coefficient (Wildman–Crippen LogP) is 1.80. The molecule has 1 atom stereocenters. The van der Waals surface area contributed by atoms with Crippen molar-refractivity contribution >= 4 is 0 Å².